The Bertz CT molecular complexity index is 554. The van der Waals surface area contributed by atoms with E-state index in [4.69, 9.17) is 9.47 Å². The maximum absolute atomic E-state index is 12.2. The van der Waals surface area contributed by atoms with Crippen molar-refractivity contribution < 1.29 is 14.3 Å². The molecule has 6 heteroatoms. The van der Waals surface area contributed by atoms with Crippen LogP contribution in [0.4, 0.5) is 4.79 Å². The molecule has 2 rings (SSSR count). The summed E-state index contributed by atoms with van der Waals surface area (Å²) in [5.41, 5.74) is 1.10. The second-order valence-electron chi connectivity index (χ2n) is 5.75. The highest BCUT2D eigenvalue weighted by atomic mass is 16.5. The quantitative estimate of drug-likeness (QED) is 0.773. The molecule has 0 aliphatic carbocycles. The van der Waals surface area contributed by atoms with E-state index in [1.807, 2.05) is 29.2 Å². The molecule has 1 fully saturated rings. The van der Waals surface area contributed by atoms with Crippen molar-refractivity contribution >= 4 is 6.03 Å². The van der Waals surface area contributed by atoms with Gasteiger partial charge in [-0.15, -0.1) is 6.58 Å². The average Bonchev–Trinajstić information content (AvgIpc) is 2.62. The van der Waals surface area contributed by atoms with Gasteiger partial charge >= 0.3 is 6.03 Å². The first-order valence-electron chi connectivity index (χ1n) is 8.25. The number of piperazine rings is 1. The van der Waals surface area contributed by atoms with Crippen LogP contribution in [0, 0.1) is 0 Å². The van der Waals surface area contributed by atoms with Gasteiger partial charge in [-0.3, -0.25) is 4.90 Å². The molecule has 1 aromatic rings. The van der Waals surface area contributed by atoms with Gasteiger partial charge in [-0.25, -0.2) is 4.79 Å². The van der Waals surface area contributed by atoms with Crippen LogP contribution in [0.3, 0.4) is 0 Å². The molecule has 0 spiro atoms. The van der Waals surface area contributed by atoms with Gasteiger partial charge in [0, 0.05) is 39.3 Å². The molecule has 1 saturated heterocycles. The van der Waals surface area contributed by atoms with Crippen molar-refractivity contribution in [1.29, 1.82) is 0 Å². The highest BCUT2D eigenvalue weighted by Gasteiger charge is 2.19. The Morgan fingerprint density at radius 2 is 1.92 bits per heavy atom. The topological polar surface area (TPSA) is 54.0 Å². The van der Waals surface area contributed by atoms with Crippen LogP contribution in [0.2, 0.25) is 0 Å². The van der Waals surface area contributed by atoms with Gasteiger partial charge in [0.05, 0.1) is 14.2 Å². The number of amides is 2. The smallest absolute Gasteiger partial charge is 0.317 e. The first-order chi connectivity index (χ1) is 11.7. The Morgan fingerprint density at radius 1 is 1.21 bits per heavy atom. The van der Waals surface area contributed by atoms with E-state index in [0.717, 1.165) is 44.7 Å². The summed E-state index contributed by atoms with van der Waals surface area (Å²) in [4.78, 5) is 16.4. The molecule has 24 heavy (non-hydrogen) atoms. The summed E-state index contributed by atoms with van der Waals surface area (Å²) in [5, 5.41) is 2.99. The lowest BCUT2D eigenvalue weighted by Crippen LogP contribution is -2.51. The number of carbonyl (C=O) groups is 1. The Labute approximate surface area is 144 Å². The van der Waals surface area contributed by atoms with Gasteiger partial charge in [0.1, 0.15) is 0 Å². The van der Waals surface area contributed by atoms with E-state index in [1.54, 1.807) is 14.2 Å². The number of hydrogen-bond donors (Lipinski definition) is 1. The van der Waals surface area contributed by atoms with Gasteiger partial charge in [-0.05, 0) is 24.1 Å². The number of methoxy groups -OCH3 is 2. The molecular formula is C18H27N3O3. The number of hydrogen-bond acceptors (Lipinski definition) is 4. The lowest BCUT2D eigenvalue weighted by atomic mass is 10.1. The van der Waals surface area contributed by atoms with Crippen molar-refractivity contribution in [2.24, 2.45) is 0 Å². The minimum absolute atomic E-state index is 0.00808. The van der Waals surface area contributed by atoms with Crippen molar-refractivity contribution in [3.05, 3.63) is 36.4 Å². The largest absolute Gasteiger partial charge is 0.493 e. The fourth-order valence-corrected chi connectivity index (χ4v) is 2.78. The zero-order valence-electron chi connectivity index (χ0n) is 14.6. The summed E-state index contributed by atoms with van der Waals surface area (Å²) >= 11 is 0. The van der Waals surface area contributed by atoms with E-state index in [-0.39, 0.29) is 6.03 Å². The molecule has 0 bridgehead atoms. The summed E-state index contributed by atoms with van der Waals surface area (Å²) in [7, 11) is 3.24. The molecule has 132 valence electrons. The van der Waals surface area contributed by atoms with E-state index in [9.17, 15) is 4.79 Å². The molecule has 0 saturated carbocycles. The molecule has 2 amide bonds. The standard InChI is InChI=1S/C18H27N3O3/c1-4-9-20-10-12-21(13-11-20)18(22)19-8-7-15-5-6-16(23-2)17(14-15)24-3/h4-6,14H,1,7-13H2,2-3H3,(H,19,22). The molecule has 1 aliphatic rings. The Balaban J connectivity index is 1.76. The number of nitrogens with zero attached hydrogens (tertiary/aromatic N) is 2. The van der Waals surface area contributed by atoms with E-state index >= 15 is 0 Å². The van der Waals surface area contributed by atoms with Gasteiger partial charge < -0.3 is 19.7 Å². The van der Waals surface area contributed by atoms with Gasteiger partial charge in [-0.2, -0.15) is 0 Å². The third-order valence-corrected chi connectivity index (χ3v) is 4.18. The van der Waals surface area contributed by atoms with Crippen LogP contribution in [0.1, 0.15) is 5.56 Å². The number of rotatable bonds is 7. The molecule has 1 aliphatic heterocycles. The Hall–Kier alpha value is -2.21. The zero-order chi connectivity index (χ0) is 17.4. The van der Waals surface area contributed by atoms with E-state index in [0.29, 0.717) is 18.0 Å². The van der Waals surface area contributed by atoms with Crippen molar-refractivity contribution in [2.45, 2.75) is 6.42 Å². The molecule has 1 aromatic carbocycles. The average molecular weight is 333 g/mol. The van der Waals surface area contributed by atoms with Gasteiger partial charge in [0.2, 0.25) is 0 Å². The number of carbonyl (C=O) groups excluding carboxylic acids is 1. The predicted molar refractivity (Wildman–Crippen MR) is 94.9 cm³/mol. The lowest BCUT2D eigenvalue weighted by Gasteiger charge is -2.34. The molecule has 0 unspecified atom stereocenters. The van der Waals surface area contributed by atoms with Crippen molar-refractivity contribution in [3.63, 3.8) is 0 Å². The predicted octanol–water partition coefficient (Wildman–Crippen LogP) is 1.76. The van der Waals surface area contributed by atoms with Crippen LogP contribution >= 0.6 is 0 Å². The van der Waals surface area contributed by atoms with Gasteiger partial charge in [0.15, 0.2) is 11.5 Å². The van der Waals surface area contributed by atoms with Crippen LogP contribution < -0.4 is 14.8 Å². The van der Waals surface area contributed by atoms with E-state index in [1.165, 1.54) is 0 Å². The van der Waals surface area contributed by atoms with Crippen LogP contribution in [0.15, 0.2) is 30.9 Å². The van der Waals surface area contributed by atoms with Crippen molar-refractivity contribution in [3.8, 4) is 11.5 Å². The summed E-state index contributed by atoms with van der Waals surface area (Å²) in [6.45, 7) is 8.55. The van der Waals surface area contributed by atoms with Crippen LogP contribution in [-0.2, 0) is 6.42 Å². The maximum atomic E-state index is 12.2. The SMILES string of the molecule is C=CCN1CCN(C(=O)NCCc2ccc(OC)c(OC)c2)CC1. The molecule has 0 atom stereocenters. The maximum Gasteiger partial charge on any atom is 0.317 e. The fourth-order valence-electron chi connectivity index (χ4n) is 2.78. The third kappa shape index (κ3) is 4.89. The van der Waals surface area contributed by atoms with Crippen molar-refractivity contribution in [1.82, 2.24) is 15.1 Å². The summed E-state index contributed by atoms with van der Waals surface area (Å²) in [6.07, 6.45) is 2.65. The molecule has 0 radical (unpaired) electrons. The third-order valence-electron chi connectivity index (χ3n) is 4.18. The molecular weight excluding hydrogens is 306 g/mol. The van der Waals surface area contributed by atoms with E-state index < -0.39 is 0 Å². The molecule has 6 nitrogen and oxygen atoms in total. The summed E-state index contributed by atoms with van der Waals surface area (Å²) in [5.74, 6) is 1.42. The summed E-state index contributed by atoms with van der Waals surface area (Å²) in [6, 6.07) is 5.82. The number of urea groups is 1. The second-order valence-corrected chi connectivity index (χ2v) is 5.75. The van der Waals surface area contributed by atoms with Gasteiger partial charge in [0.25, 0.3) is 0 Å². The van der Waals surface area contributed by atoms with Crippen LogP contribution in [0.5, 0.6) is 11.5 Å². The van der Waals surface area contributed by atoms with Crippen LogP contribution in [-0.4, -0.2) is 69.3 Å². The molecule has 1 heterocycles. The normalized spacial score (nSPS) is 15.0. The van der Waals surface area contributed by atoms with Gasteiger partial charge in [-0.1, -0.05) is 12.1 Å². The number of benzene rings is 1. The lowest BCUT2D eigenvalue weighted by molar-refractivity contribution is 0.147. The zero-order valence-corrected chi connectivity index (χ0v) is 14.6. The van der Waals surface area contributed by atoms with Crippen LogP contribution in [0.25, 0.3) is 0 Å². The summed E-state index contributed by atoms with van der Waals surface area (Å²) < 4.78 is 10.5. The first kappa shape index (κ1) is 18.1. The minimum Gasteiger partial charge on any atom is -0.493 e. The number of ether oxygens (including phenoxy) is 2. The fraction of sp³-hybridized carbons (Fsp3) is 0.500. The minimum atomic E-state index is 0.00808. The Morgan fingerprint density at radius 3 is 2.54 bits per heavy atom. The van der Waals surface area contributed by atoms with E-state index in [2.05, 4.69) is 16.8 Å². The molecule has 0 aromatic heterocycles. The monoisotopic (exact) mass is 333 g/mol. The first-order valence-corrected chi connectivity index (χ1v) is 8.25. The van der Waals surface area contributed by atoms with Crippen molar-refractivity contribution in [2.75, 3.05) is 53.5 Å². The second kappa shape index (κ2) is 9.17. The molecule has 1 N–H and O–H groups in total. The highest BCUT2D eigenvalue weighted by molar-refractivity contribution is 5.74. The highest BCUT2D eigenvalue weighted by Crippen LogP contribution is 2.27. The Kier molecular flexibility index (Phi) is 6.93. The number of nitrogens with one attached hydrogen (secondary N) is 1.